The lowest BCUT2D eigenvalue weighted by atomic mass is 10.1. The third-order valence-electron chi connectivity index (χ3n) is 3.97. The quantitative estimate of drug-likeness (QED) is 0.854. The zero-order valence-corrected chi connectivity index (χ0v) is 13.4. The first-order chi connectivity index (χ1) is 11.7. The van der Waals surface area contributed by atoms with Gasteiger partial charge in [-0.15, -0.1) is 0 Å². The van der Waals surface area contributed by atoms with Crippen LogP contribution in [0.15, 0.2) is 48.5 Å². The van der Waals surface area contributed by atoms with E-state index in [0.717, 1.165) is 23.3 Å². The largest absolute Gasteiger partial charge is 0.490 e. The monoisotopic (exact) mass is 327 g/mol. The fourth-order valence-corrected chi connectivity index (χ4v) is 2.72. The maximum atomic E-state index is 11.6. The van der Waals surface area contributed by atoms with Crippen LogP contribution in [0.1, 0.15) is 17.5 Å². The molecule has 0 fully saturated rings. The minimum absolute atomic E-state index is 0.413. The van der Waals surface area contributed by atoms with E-state index < -0.39 is 12.0 Å². The molecule has 3 rings (SSSR count). The average molecular weight is 327 g/mol. The summed E-state index contributed by atoms with van der Waals surface area (Å²) in [7, 11) is 0. The molecule has 0 spiro atoms. The molecule has 2 aromatic rings. The molecule has 0 aromatic heterocycles. The number of para-hydroxylation sites is 1. The molecule has 2 N–H and O–H groups in total. The Morgan fingerprint density at radius 1 is 1.08 bits per heavy atom. The van der Waals surface area contributed by atoms with E-state index in [1.54, 1.807) is 0 Å². The van der Waals surface area contributed by atoms with E-state index in [1.165, 1.54) is 0 Å². The van der Waals surface area contributed by atoms with Gasteiger partial charge in [0.25, 0.3) is 0 Å². The number of hydrogen-bond acceptors (Lipinski definition) is 4. The van der Waals surface area contributed by atoms with Gasteiger partial charge >= 0.3 is 5.97 Å². The van der Waals surface area contributed by atoms with E-state index >= 15 is 0 Å². The highest BCUT2D eigenvalue weighted by Gasteiger charge is 2.20. The van der Waals surface area contributed by atoms with Gasteiger partial charge in [-0.05, 0) is 18.1 Å². The first kappa shape index (κ1) is 16.3. The second kappa shape index (κ2) is 7.84. The van der Waals surface area contributed by atoms with Crippen LogP contribution in [-0.4, -0.2) is 30.3 Å². The number of aliphatic carboxylic acids is 1. The summed E-state index contributed by atoms with van der Waals surface area (Å²) in [6, 6.07) is 14.7. The van der Waals surface area contributed by atoms with Crippen molar-refractivity contribution in [3.05, 3.63) is 59.7 Å². The van der Waals surface area contributed by atoms with Crippen LogP contribution >= 0.6 is 0 Å². The second-order valence-corrected chi connectivity index (χ2v) is 5.76. The van der Waals surface area contributed by atoms with Gasteiger partial charge in [0.15, 0.2) is 11.5 Å². The van der Waals surface area contributed by atoms with Crippen molar-refractivity contribution < 1.29 is 19.4 Å². The molecule has 5 heteroatoms. The van der Waals surface area contributed by atoms with Crippen LogP contribution in [0.25, 0.3) is 0 Å². The average Bonchev–Trinajstić information content (AvgIpc) is 2.85. The third-order valence-corrected chi connectivity index (χ3v) is 3.97. The summed E-state index contributed by atoms with van der Waals surface area (Å²) >= 11 is 0. The Bertz CT molecular complexity index is 687. The van der Waals surface area contributed by atoms with Gasteiger partial charge in [0.2, 0.25) is 0 Å². The molecule has 0 bridgehead atoms. The predicted molar refractivity (Wildman–Crippen MR) is 90.5 cm³/mol. The smallest absolute Gasteiger partial charge is 0.321 e. The van der Waals surface area contributed by atoms with E-state index in [-0.39, 0.29) is 0 Å². The lowest BCUT2D eigenvalue weighted by molar-refractivity contribution is -0.139. The Morgan fingerprint density at radius 2 is 1.88 bits per heavy atom. The Labute approximate surface area is 141 Å². The van der Waals surface area contributed by atoms with Crippen LogP contribution in [0, 0.1) is 0 Å². The molecular weight excluding hydrogens is 306 g/mol. The van der Waals surface area contributed by atoms with Crippen molar-refractivity contribution >= 4 is 5.97 Å². The highest BCUT2D eigenvalue weighted by Crippen LogP contribution is 2.33. The van der Waals surface area contributed by atoms with E-state index in [4.69, 9.17) is 9.47 Å². The number of nitrogens with one attached hydrogen (secondary N) is 1. The van der Waals surface area contributed by atoms with Crippen molar-refractivity contribution in [1.82, 2.24) is 5.32 Å². The third kappa shape index (κ3) is 4.06. The molecule has 126 valence electrons. The normalized spacial score (nSPS) is 14.7. The summed E-state index contributed by atoms with van der Waals surface area (Å²) in [5.74, 6) is 0.575. The van der Waals surface area contributed by atoms with Crippen molar-refractivity contribution in [2.75, 3.05) is 13.2 Å². The van der Waals surface area contributed by atoms with Crippen molar-refractivity contribution in [2.24, 2.45) is 0 Å². The molecule has 1 atom stereocenters. The molecule has 0 amide bonds. The fourth-order valence-electron chi connectivity index (χ4n) is 2.72. The fraction of sp³-hybridized carbons (Fsp3) is 0.316. The van der Waals surface area contributed by atoms with Gasteiger partial charge in [0.1, 0.15) is 6.04 Å². The van der Waals surface area contributed by atoms with E-state index in [0.29, 0.717) is 31.9 Å². The highest BCUT2D eigenvalue weighted by atomic mass is 16.5. The Balaban J connectivity index is 1.70. The summed E-state index contributed by atoms with van der Waals surface area (Å²) in [4.78, 5) is 11.6. The number of hydrogen-bond donors (Lipinski definition) is 2. The molecule has 0 aliphatic carbocycles. The zero-order valence-electron chi connectivity index (χ0n) is 13.4. The van der Waals surface area contributed by atoms with Crippen molar-refractivity contribution in [2.45, 2.75) is 25.4 Å². The lowest BCUT2D eigenvalue weighted by Crippen LogP contribution is -2.38. The molecule has 0 radical (unpaired) electrons. The summed E-state index contributed by atoms with van der Waals surface area (Å²) < 4.78 is 11.4. The number of benzene rings is 2. The Morgan fingerprint density at radius 3 is 2.67 bits per heavy atom. The number of carboxylic acid groups (broad SMARTS) is 1. The van der Waals surface area contributed by atoms with Gasteiger partial charge in [-0.2, -0.15) is 0 Å². The molecule has 1 aliphatic heterocycles. The maximum Gasteiger partial charge on any atom is 0.321 e. The minimum Gasteiger partial charge on any atom is -0.490 e. The van der Waals surface area contributed by atoms with Crippen molar-refractivity contribution in [3.63, 3.8) is 0 Å². The molecule has 0 saturated carbocycles. The summed E-state index contributed by atoms with van der Waals surface area (Å²) in [5.41, 5.74) is 1.90. The van der Waals surface area contributed by atoms with Crippen LogP contribution in [0.5, 0.6) is 11.5 Å². The molecule has 0 unspecified atom stereocenters. The topological polar surface area (TPSA) is 67.8 Å². The number of carboxylic acids is 1. The summed E-state index contributed by atoms with van der Waals surface area (Å²) in [6.07, 6.45) is 1.27. The highest BCUT2D eigenvalue weighted by molar-refractivity contribution is 5.74. The van der Waals surface area contributed by atoms with E-state index in [2.05, 4.69) is 5.32 Å². The molecule has 0 saturated heterocycles. The Kier molecular flexibility index (Phi) is 5.33. The SMILES string of the molecule is O=C(O)[C@@H](Cc1ccccc1)NCc1cccc2c1OCCCO2. The molecule has 1 heterocycles. The van der Waals surface area contributed by atoms with Crippen molar-refractivity contribution in [3.8, 4) is 11.5 Å². The number of carbonyl (C=O) groups is 1. The lowest BCUT2D eigenvalue weighted by Gasteiger charge is -2.17. The first-order valence-electron chi connectivity index (χ1n) is 8.11. The van der Waals surface area contributed by atoms with Crippen LogP contribution in [0.4, 0.5) is 0 Å². The molecular formula is C19H21NO4. The predicted octanol–water partition coefficient (Wildman–Crippen LogP) is 2.63. The number of ether oxygens (including phenoxy) is 2. The molecule has 24 heavy (non-hydrogen) atoms. The van der Waals surface area contributed by atoms with Crippen LogP contribution < -0.4 is 14.8 Å². The van der Waals surface area contributed by atoms with Crippen LogP contribution in [-0.2, 0) is 17.8 Å². The van der Waals surface area contributed by atoms with Gasteiger partial charge in [-0.3, -0.25) is 10.1 Å². The van der Waals surface area contributed by atoms with E-state index in [9.17, 15) is 9.90 Å². The maximum absolute atomic E-state index is 11.6. The number of rotatable bonds is 6. The van der Waals surface area contributed by atoms with Crippen LogP contribution in [0.3, 0.4) is 0 Å². The van der Waals surface area contributed by atoms with Gasteiger partial charge in [0.05, 0.1) is 13.2 Å². The Hall–Kier alpha value is -2.53. The summed E-state index contributed by atoms with van der Waals surface area (Å²) in [6.45, 7) is 1.66. The standard InChI is InChI=1S/C19H21NO4/c21-19(22)16(12-14-6-2-1-3-7-14)20-13-15-8-4-9-17-18(15)24-11-5-10-23-17/h1-4,6-9,16,20H,5,10-13H2,(H,21,22)/t16-/m1/s1. The van der Waals surface area contributed by atoms with Gasteiger partial charge < -0.3 is 14.6 Å². The van der Waals surface area contributed by atoms with Gasteiger partial charge in [0, 0.05) is 18.5 Å². The van der Waals surface area contributed by atoms with Crippen molar-refractivity contribution in [1.29, 1.82) is 0 Å². The van der Waals surface area contributed by atoms with Gasteiger partial charge in [-0.1, -0.05) is 42.5 Å². The first-order valence-corrected chi connectivity index (χ1v) is 8.11. The molecule has 1 aliphatic rings. The van der Waals surface area contributed by atoms with Crippen LogP contribution in [0.2, 0.25) is 0 Å². The number of fused-ring (bicyclic) bond motifs is 1. The van der Waals surface area contributed by atoms with Gasteiger partial charge in [-0.25, -0.2) is 0 Å². The molecule has 2 aromatic carbocycles. The summed E-state index contributed by atoms with van der Waals surface area (Å²) in [5, 5.41) is 12.6. The van der Waals surface area contributed by atoms with E-state index in [1.807, 2.05) is 48.5 Å². The second-order valence-electron chi connectivity index (χ2n) is 5.76. The molecule has 5 nitrogen and oxygen atoms in total. The minimum atomic E-state index is -0.863. The zero-order chi connectivity index (χ0) is 16.8.